The average Bonchev–Trinajstić information content (AvgIpc) is 2.11. The topological polar surface area (TPSA) is 3.24 Å². The Morgan fingerprint density at radius 3 is 2.36 bits per heavy atom. The third kappa shape index (κ3) is 2.75. The molecule has 2 rings (SSSR count). The minimum atomic E-state index is 0. The number of rotatable bonds is 0. The Balaban J connectivity index is 0.000000980. The predicted molar refractivity (Wildman–Crippen MR) is 56.5 cm³/mol. The van der Waals surface area contributed by atoms with Crippen molar-refractivity contribution >= 4 is 0 Å². The van der Waals surface area contributed by atoms with Crippen LogP contribution in [0.4, 0.5) is 0 Å². The van der Waals surface area contributed by atoms with Gasteiger partial charge in [-0.25, -0.2) is 0 Å². The summed E-state index contributed by atoms with van der Waals surface area (Å²) in [5.74, 6) is 1.76. The van der Waals surface area contributed by atoms with E-state index >= 15 is 0 Å². The minimum absolute atomic E-state index is 0. The Labute approximate surface area is 99.4 Å². The number of piperidine rings is 1. The summed E-state index contributed by atoms with van der Waals surface area (Å²) in [7, 11) is 2.26. The summed E-state index contributed by atoms with van der Waals surface area (Å²) >= 11 is 0. The molecule has 0 N–H and O–H groups in total. The summed E-state index contributed by atoms with van der Waals surface area (Å²) in [5.41, 5.74) is 0.731. The van der Waals surface area contributed by atoms with E-state index in [1.807, 2.05) is 0 Å². The first kappa shape index (κ1) is 12.6. The number of hydrogen-bond acceptors (Lipinski definition) is 1. The number of likely N-dealkylation sites (tertiary alicyclic amines) is 1. The normalized spacial score (nSPS) is 28.7. The van der Waals surface area contributed by atoms with Gasteiger partial charge in [0.25, 0.3) is 0 Å². The molecule has 0 amide bonds. The molecule has 2 heteroatoms. The molecule has 82 valence electrons. The second-order valence-corrected chi connectivity index (χ2v) is 5.29. The van der Waals surface area contributed by atoms with Crippen molar-refractivity contribution in [3.05, 3.63) is 5.92 Å². The summed E-state index contributed by atoms with van der Waals surface area (Å²) in [6.07, 6.45) is 8.67. The molecule has 0 bridgehead atoms. The molecule has 1 heterocycles. The van der Waals surface area contributed by atoms with Gasteiger partial charge in [-0.1, -0.05) is 18.3 Å². The van der Waals surface area contributed by atoms with Crippen LogP contribution in [0.25, 0.3) is 0 Å². The first-order valence-electron chi connectivity index (χ1n) is 5.70. The zero-order chi connectivity index (χ0) is 9.31. The first-order chi connectivity index (χ1) is 6.20. The van der Waals surface area contributed by atoms with Crippen molar-refractivity contribution in [3.8, 4) is 0 Å². The summed E-state index contributed by atoms with van der Waals surface area (Å²) in [4.78, 5) is 2.48. The summed E-state index contributed by atoms with van der Waals surface area (Å²) in [6, 6.07) is 0. The largest absolute Gasteiger partial charge is 0.316 e. The van der Waals surface area contributed by atoms with Crippen LogP contribution < -0.4 is 0 Å². The maximum atomic E-state index is 2.48. The van der Waals surface area contributed by atoms with Crippen molar-refractivity contribution < 1.29 is 17.4 Å². The molecule has 14 heavy (non-hydrogen) atoms. The fourth-order valence-corrected chi connectivity index (χ4v) is 3.10. The fraction of sp³-hybridized carbons (Fsp3) is 0.917. The van der Waals surface area contributed by atoms with Crippen LogP contribution in [0.15, 0.2) is 0 Å². The van der Waals surface area contributed by atoms with E-state index in [2.05, 4.69) is 18.9 Å². The van der Waals surface area contributed by atoms with Gasteiger partial charge < -0.3 is 10.8 Å². The Morgan fingerprint density at radius 1 is 1.14 bits per heavy atom. The molecule has 1 spiro atoms. The van der Waals surface area contributed by atoms with E-state index in [-0.39, 0.29) is 17.4 Å². The molecular weight excluding hydrogens is 210 g/mol. The van der Waals surface area contributed by atoms with Gasteiger partial charge in [0.2, 0.25) is 0 Å². The van der Waals surface area contributed by atoms with Crippen LogP contribution in [-0.2, 0) is 17.4 Å². The van der Waals surface area contributed by atoms with Gasteiger partial charge in [-0.2, -0.15) is 19.8 Å². The maximum Gasteiger partial charge on any atom is 0 e. The van der Waals surface area contributed by atoms with Gasteiger partial charge in [-0.15, -0.1) is 0 Å². The third-order valence-electron chi connectivity index (χ3n) is 4.04. The van der Waals surface area contributed by atoms with Crippen LogP contribution in [0.5, 0.6) is 0 Å². The van der Waals surface area contributed by atoms with Crippen LogP contribution in [-0.4, -0.2) is 25.0 Å². The van der Waals surface area contributed by atoms with Gasteiger partial charge in [-0.05, 0) is 33.0 Å². The molecular formula is C12H22CrN-. The molecule has 1 aliphatic heterocycles. The van der Waals surface area contributed by atoms with Crippen molar-refractivity contribution in [1.29, 1.82) is 0 Å². The van der Waals surface area contributed by atoms with E-state index in [0.717, 1.165) is 5.41 Å². The molecule has 1 saturated carbocycles. The van der Waals surface area contributed by atoms with Crippen LogP contribution in [0.3, 0.4) is 0 Å². The van der Waals surface area contributed by atoms with E-state index in [4.69, 9.17) is 0 Å². The van der Waals surface area contributed by atoms with Gasteiger partial charge in [0, 0.05) is 17.4 Å². The van der Waals surface area contributed by atoms with Crippen molar-refractivity contribution in [3.63, 3.8) is 0 Å². The SMILES string of the molecule is C[C-]1CCCC2(CCN(C)CC2)C1.[Cr]. The van der Waals surface area contributed by atoms with Gasteiger partial charge in [-0.3, -0.25) is 0 Å². The van der Waals surface area contributed by atoms with E-state index in [0.29, 0.717) is 0 Å². The fourth-order valence-electron chi connectivity index (χ4n) is 3.10. The van der Waals surface area contributed by atoms with E-state index in [9.17, 15) is 0 Å². The first-order valence-corrected chi connectivity index (χ1v) is 5.70. The second-order valence-electron chi connectivity index (χ2n) is 5.29. The molecule has 1 saturated heterocycles. The monoisotopic (exact) mass is 232 g/mol. The zero-order valence-electron chi connectivity index (χ0n) is 9.51. The molecule has 2 fully saturated rings. The van der Waals surface area contributed by atoms with Crippen molar-refractivity contribution in [2.45, 2.75) is 45.4 Å². The smallest absolute Gasteiger partial charge is 0 e. The van der Waals surface area contributed by atoms with E-state index < -0.39 is 0 Å². The van der Waals surface area contributed by atoms with Crippen molar-refractivity contribution in [1.82, 2.24) is 4.90 Å². The molecule has 0 atom stereocenters. The Kier molecular flexibility index (Phi) is 4.50. The summed E-state index contributed by atoms with van der Waals surface area (Å²) < 4.78 is 0. The Bertz CT molecular complexity index is 173. The van der Waals surface area contributed by atoms with Crippen LogP contribution in [0.2, 0.25) is 0 Å². The van der Waals surface area contributed by atoms with Gasteiger partial charge in [0.15, 0.2) is 0 Å². The van der Waals surface area contributed by atoms with Crippen molar-refractivity contribution in [2.24, 2.45) is 5.41 Å². The summed E-state index contributed by atoms with van der Waals surface area (Å²) in [5, 5.41) is 0. The second kappa shape index (κ2) is 5.01. The van der Waals surface area contributed by atoms with E-state index in [1.165, 1.54) is 51.6 Å². The number of nitrogens with zero attached hydrogens (tertiary/aromatic N) is 1. The van der Waals surface area contributed by atoms with Gasteiger partial charge >= 0.3 is 0 Å². The molecule has 0 radical (unpaired) electrons. The van der Waals surface area contributed by atoms with Gasteiger partial charge in [0.05, 0.1) is 0 Å². The Hall–Kier alpha value is 0.492. The third-order valence-corrected chi connectivity index (χ3v) is 4.04. The summed E-state index contributed by atoms with van der Waals surface area (Å²) in [6.45, 7) is 5.01. The molecule has 0 unspecified atom stereocenters. The molecule has 1 aliphatic carbocycles. The van der Waals surface area contributed by atoms with E-state index in [1.54, 1.807) is 5.92 Å². The van der Waals surface area contributed by atoms with Crippen LogP contribution in [0, 0.1) is 11.3 Å². The van der Waals surface area contributed by atoms with Crippen LogP contribution in [0.1, 0.15) is 45.4 Å². The molecule has 0 aromatic heterocycles. The molecule has 2 aliphatic rings. The average molecular weight is 232 g/mol. The predicted octanol–water partition coefficient (Wildman–Crippen LogP) is 2.86. The number of hydrogen-bond donors (Lipinski definition) is 0. The minimum Gasteiger partial charge on any atom is -0.316 e. The Morgan fingerprint density at radius 2 is 1.79 bits per heavy atom. The van der Waals surface area contributed by atoms with Gasteiger partial charge in [0.1, 0.15) is 0 Å². The molecule has 0 aromatic carbocycles. The molecule has 1 nitrogen and oxygen atoms in total. The van der Waals surface area contributed by atoms with Crippen LogP contribution >= 0.6 is 0 Å². The quantitative estimate of drug-likeness (QED) is 0.580. The standard InChI is InChI=1S/C12H22N.Cr/c1-11-4-3-5-12(10-11)6-8-13(2)9-7-12;/h3-10H2,1-2H3;/q-1;. The molecule has 0 aromatic rings. The maximum absolute atomic E-state index is 2.48. The van der Waals surface area contributed by atoms with Crippen molar-refractivity contribution in [2.75, 3.05) is 20.1 Å². The zero-order valence-corrected chi connectivity index (χ0v) is 10.8.